The van der Waals surface area contributed by atoms with Crippen LogP contribution in [0.5, 0.6) is 5.75 Å². The monoisotopic (exact) mass is 255 g/mol. The molecule has 2 aromatic heterocycles. The van der Waals surface area contributed by atoms with Crippen molar-refractivity contribution in [2.24, 2.45) is 0 Å². The fourth-order valence-corrected chi connectivity index (χ4v) is 1.96. The van der Waals surface area contributed by atoms with Crippen LogP contribution in [-0.4, -0.2) is 17.1 Å². The predicted molar refractivity (Wildman–Crippen MR) is 72.0 cm³/mol. The molecule has 5 heteroatoms. The zero-order chi connectivity index (χ0) is 13.2. The van der Waals surface area contributed by atoms with Gasteiger partial charge in [0, 0.05) is 12.6 Å². The van der Waals surface area contributed by atoms with E-state index in [9.17, 15) is 0 Å². The van der Waals surface area contributed by atoms with Crippen molar-refractivity contribution in [3.05, 3.63) is 48.0 Å². The van der Waals surface area contributed by atoms with Gasteiger partial charge in [-0.15, -0.1) is 0 Å². The second-order valence-corrected chi connectivity index (χ2v) is 4.19. The van der Waals surface area contributed by atoms with Gasteiger partial charge in [0.1, 0.15) is 5.75 Å². The van der Waals surface area contributed by atoms with Gasteiger partial charge in [0.05, 0.1) is 12.8 Å². The summed E-state index contributed by atoms with van der Waals surface area (Å²) in [6.07, 6.45) is 2.27. The van der Waals surface area contributed by atoms with Crippen LogP contribution in [0.15, 0.2) is 40.9 Å². The van der Waals surface area contributed by atoms with Crippen molar-refractivity contribution >= 4 is 16.9 Å². The Morgan fingerprint density at radius 1 is 1.32 bits per heavy atom. The molecule has 0 bridgehead atoms. The molecule has 0 fully saturated rings. The number of ether oxygens (including phenoxy) is 1. The normalized spacial score (nSPS) is 10.8. The molecule has 0 saturated heterocycles. The van der Waals surface area contributed by atoms with Crippen LogP contribution in [0, 0.1) is 0 Å². The van der Waals surface area contributed by atoms with Gasteiger partial charge in [-0.2, -0.15) is 4.98 Å². The highest BCUT2D eigenvalue weighted by atomic mass is 16.5. The summed E-state index contributed by atoms with van der Waals surface area (Å²) in [5.41, 5.74) is 8.81. The van der Waals surface area contributed by atoms with Crippen LogP contribution in [0.2, 0.25) is 0 Å². The summed E-state index contributed by atoms with van der Waals surface area (Å²) < 4.78 is 10.7. The largest absolute Gasteiger partial charge is 0.495 e. The molecule has 0 spiro atoms. The minimum atomic E-state index is 0.574. The third kappa shape index (κ3) is 2.22. The first-order chi connectivity index (χ1) is 9.26. The van der Waals surface area contributed by atoms with Crippen molar-refractivity contribution in [1.29, 1.82) is 0 Å². The number of nitrogens with zero attached hydrogens (tertiary/aromatic N) is 2. The van der Waals surface area contributed by atoms with Crippen molar-refractivity contribution in [2.45, 2.75) is 6.42 Å². The van der Waals surface area contributed by atoms with Gasteiger partial charge in [0.15, 0.2) is 11.2 Å². The van der Waals surface area contributed by atoms with Gasteiger partial charge >= 0.3 is 0 Å². The summed E-state index contributed by atoms with van der Waals surface area (Å²) in [6.45, 7) is 0. The maximum atomic E-state index is 5.87. The third-order valence-electron chi connectivity index (χ3n) is 2.86. The Labute approximate surface area is 110 Å². The molecule has 0 aliphatic carbocycles. The number of nitrogens with two attached hydrogens (primary N) is 1. The molecule has 1 aromatic carbocycles. The Bertz CT molecular complexity index is 689. The standard InChI is InChI=1S/C14H13N3O2/c1-18-11-5-4-9(7-10(11)15)8-13-17-14-12(19-13)3-2-6-16-14/h2-7H,8,15H2,1H3. The summed E-state index contributed by atoms with van der Waals surface area (Å²) >= 11 is 0. The molecule has 3 rings (SSSR count). The van der Waals surface area contributed by atoms with Gasteiger partial charge in [-0.05, 0) is 29.8 Å². The molecule has 2 N–H and O–H groups in total. The molecule has 0 saturated carbocycles. The van der Waals surface area contributed by atoms with Crippen LogP contribution >= 0.6 is 0 Å². The van der Waals surface area contributed by atoms with Crippen molar-refractivity contribution in [3.8, 4) is 5.75 Å². The summed E-state index contributed by atoms with van der Waals surface area (Å²) in [4.78, 5) is 8.47. The van der Waals surface area contributed by atoms with E-state index in [1.165, 1.54) is 0 Å². The molecule has 19 heavy (non-hydrogen) atoms. The first-order valence-corrected chi connectivity index (χ1v) is 5.89. The number of nitrogen functional groups attached to an aromatic ring is 1. The van der Waals surface area contributed by atoms with E-state index in [1.807, 2.05) is 30.3 Å². The van der Waals surface area contributed by atoms with Crippen LogP contribution in [0.25, 0.3) is 11.2 Å². The Kier molecular flexibility index (Phi) is 2.79. The molecule has 0 unspecified atom stereocenters. The maximum Gasteiger partial charge on any atom is 0.201 e. The Balaban J connectivity index is 1.90. The van der Waals surface area contributed by atoms with E-state index in [4.69, 9.17) is 14.9 Å². The van der Waals surface area contributed by atoms with E-state index in [2.05, 4.69) is 9.97 Å². The van der Waals surface area contributed by atoms with Crippen LogP contribution in [-0.2, 0) is 6.42 Å². The third-order valence-corrected chi connectivity index (χ3v) is 2.86. The zero-order valence-electron chi connectivity index (χ0n) is 10.5. The van der Waals surface area contributed by atoms with E-state index in [0.717, 1.165) is 5.56 Å². The van der Waals surface area contributed by atoms with Gasteiger partial charge in [-0.1, -0.05) is 6.07 Å². The number of oxazole rings is 1. The summed E-state index contributed by atoms with van der Waals surface area (Å²) in [7, 11) is 1.60. The summed E-state index contributed by atoms with van der Waals surface area (Å²) in [6, 6.07) is 9.31. The molecule has 2 heterocycles. The predicted octanol–water partition coefficient (Wildman–Crippen LogP) is 2.40. The molecular weight excluding hydrogens is 242 g/mol. The first-order valence-electron chi connectivity index (χ1n) is 5.89. The van der Waals surface area contributed by atoms with Crippen molar-refractivity contribution in [1.82, 2.24) is 9.97 Å². The average molecular weight is 255 g/mol. The number of hydrogen-bond donors (Lipinski definition) is 1. The second kappa shape index (κ2) is 4.61. The number of fused-ring (bicyclic) bond motifs is 1. The van der Waals surface area contributed by atoms with E-state index in [-0.39, 0.29) is 0 Å². The zero-order valence-corrected chi connectivity index (χ0v) is 10.5. The number of pyridine rings is 1. The SMILES string of the molecule is COc1ccc(Cc2nc3ncccc3o2)cc1N. The van der Waals surface area contributed by atoms with E-state index >= 15 is 0 Å². The van der Waals surface area contributed by atoms with Gasteiger partial charge in [0.2, 0.25) is 5.89 Å². The summed E-state index contributed by atoms with van der Waals surface area (Å²) in [5, 5.41) is 0. The molecule has 0 aliphatic heterocycles. The lowest BCUT2D eigenvalue weighted by Crippen LogP contribution is -1.95. The van der Waals surface area contributed by atoms with Crippen LogP contribution in [0.3, 0.4) is 0 Å². The lowest BCUT2D eigenvalue weighted by Gasteiger charge is -2.05. The smallest absolute Gasteiger partial charge is 0.201 e. The Morgan fingerprint density at radius 3 is 2.95 bits per heavy atom. The van der Waals surface area contributed by atoms with Crippen LogP contribution in [0.4, 0.5) is 5.69 Å². The van der Waals surface area contributed by atoms with Crippen molar-refractivity contribution in [3.63, 3.8) is 0 Å². The first kappa shape index (κ1) is 11.5. The van der Waals surface area contributed by atoms with E-state index in [0.29, 0.717) is 35.0 Å². The molecule has 0 radical (unpaired) electrons. The molecule has 0 atom stereocenters. The van der Waals surface area contributed by atoms with Crippen molar-refractivity contribution in [2.75, 3.05) is 12.8 Å². The molecule has 0 amide bonds. The highest BCUT2D eigenvalue weighted by Gasteiger charge is 2.08. The van der Waals surface area contributed by atoms with Gasteiger partial charge in [0.25, 0.3) is 0 Å². The fraction of sp³-hybridized carbons (Fsp3) is 0.143. The van der Waals surface area contributed by atoms with Gasteiger partial charge in [-0.25, -0.2) is 4.98 Å². The molecular formula is C14H13N3O2. The molecule has 5 nitrogen and oxygen atoms in total. The molecule has 0 aliphatic rings. The van der Waals surface area contributed by atoms with Gasteiger partial charge in [-0.3, -0.25) is 0 Å². The Hall–Kier alpha value is -2.56. The lowest BCUT2D eigenvalue weighted by atomic mass is 10.1. The number of rotatable bonds is 3. The maximum absolute atomic E-state index is 5.87. The molecule has 96 valence electrons. The highest BCUT2D eigenvalue weighted by molar-refractivity contribution is 5.67. The number of hydrogen-bond acceptors (Lipinski definition) is 5. The average Bonchev–Trinajstić information content (AvgIpc) is 2.81. The number of methoxy groups -OCH3 is 1. The summed E-state index contributed by atoms with van der Waals surface area (Å²) in [5.74, 6) is 1.29. The molecule has 3 aromatic rings. The second-order valence-electron chi connectivity index (χ2n) is 4.19. The van der Waals surface area contributed by atoms with Crippen LogP contribution in [0.1, 0.15) is 11.5 Å². The van der Waals surface area contributed by atoms with Crippen molar-refractivity contribution < 1.29 is 9.15 Å². The quantitative estimate of drug-likeness (QED) is 0.727. The Morgan fingerprint density at radius 2 is 2.21 bits per heavy atom. The van der Waals surface area contributed by atoms with E-state index in [1.54, 1.807) is 13.3 Å². The number of anilines is 1. The topological polar surface area (TPSA) is 74.2 Å². The van der Waals surface area contributed by atoms with Gasteiger partial charge < -0.3 is 14.9 Å². The lowest BCUT2D eigenvalue weighted by molar-refractivity contribution is 0.417. The van der Waals surface area contributed by atoms with Crippen LogP contribution < -0.4 is 10.5 Å². The fourth-order valence-electron chi connectivity index (χ4n) is 1.96. The van der Waals surface area contributed by atoms with E-state index < -0.39 is 0 Å². The number of benzene rings is 1. The minimum absolute atomic E-state index is 0.574. The highest BCUT2D eigenvalue weighted by Crippen LogP contribution is 2.23. The number of aromatic nitrogens is 2. The minimum Gasteiger partial charge on any atom is -0.495 e.